The number of benzene rings is 2. The highest BCUT2D eigenvalue weighted by molar-refractivity contribution is 7.87. The topological polar surface area (TPSA) is 43.4 Å². The maximum Gasteiger partial charge on any atom is 0.339 e. The van der Waals surface area contributed by atoms with Crippen molar-refractivity contribution >= 4 is 10.1 Å². The number of aryl methyl sites for hydroxylation is 1. The van der Waals surface area contributed by atoms with E-state index in [4.69, 9.17) is 0 Å². The van der Waals surface area contributed by atoms with E-state index in [0.717, 1.165) is 17.7 Å². The Hall–Kier alpha value is -1.95. The van der Waals surface area contributed by atoms with Crippen molar-refractivity contribution in [3.63, 3.8) is 0 Å². The third kappa shape index (κ3) is 3.29. The van der Waals surface area contributed by atoms with Crippen LogP contribution in [0.25, 0.3) is 0 Å². The van der Waals surface area contributed by atoms with Gasteiger partial charge in [-0.05, 0) is 19.1 Å². The van der Waals surface area contributed by atoms with Crippen LogP contribution in [-0.2, 0) is 10.1 Å². The van der Waals surface area contributed by atoms with Gasteiger partial charge in [0.25, 0.3) is 0 Å². The van der Waals surface area contributed by atoms with E-state index in [1.165, 1.54) is 12.1 Å². The lowest BCUT2D eigenvalue weighted by molar-refractivity contribution is 0.478. The molecule has 2 aromatic carbocycles. The third-order valence-electron chi connectivity index (χ3n) is 2.35. The molecule has 0 unspecified atom stereocenters. The lowest BCUT2D eigenvalue weighted by atomic mass is 10.2. The normalized spacial score (nSPS) is 11.3. The first kappa shape index (κ1) is 13.5. The molecule has 0 N–H and O–H groups in total. The molecule has 0 aliphatic heterocycles. The van der Waals surface area contributed by atoms with E-state index in [0.29, 0.717) is 6.07 Å². The predicted molar refractivity (Wildman–Crippen MR) is 65.4 cm³/mol. The summed E-state index contributed by atoms with van der Waals surface area (Å²) in [6.07, 6.45) is 0. The van der Waals surface area contributed by atoms with Crippen LogP contribution in [-0.4, -0.2) is 8.42 Å². The molecular formula is C13H10F2O3S. The van der Waals surface area contributed by atoms with Gasteiger partial charge in [-0.1, -0.05) is 17.7 Å². The van der Waals surface area contributed by atoms with Crippen LogP contribution in [0.4, 0.5) is 8.78 Å². The molecule has 2 aromatic rings. The molecule has 0 saturated carbocycles. The first-order valence-corrected chi connectivity index (χ1v) is 6.75. The average Bonchev–Trinajstić information content (AvgIpc) is 2.27. The van der Waals surface area contributed by atoms with Gasteiger partial charge < -0.3 is 4.18 Å². The Bertz CT molecular complexity index is 674. The maximum atomic E-state index is 12.9. The van der Waals surface area contributed by atoms with Crippen LogP contribution in [0.1, 0.15) is 5.56 Å². The van der Waals surface area contributed by atoms with Crippen molar-refractivity contribution in [1.29, 1.82) is 0 Å². The Labute approximate surface area is 109 Å². The lowest BCUT2D eigenvalue weighted by Gasteiger charge is -2.07. The fourth-order valence-corrected chi connectivity index (χ4v) is 2.37. The molecule has 2 rings (SSSR count). The molecule has 0 fully saturated rings. The van der Waals surface area contributed by atoms with Crippen molar-refractivity contribution in [1.82, 2.24) is 0 Å². The van der Waals surface area contributed by atoms with Gasteiger partial charge in [-0.15, -0.1) is 0 Å². The van der Waals surface area contributed by atoms with Crippen LogP contribution < -0.4 is 4.18 Å². The van der Waals surface area contributed by atoms with E-state index in [1.807, 2.05) is 0 Å². The van der Waals surface area contributed by atoms with Gasteiger partial charge in [-0.25, -0.2) is 8.78 Å². The van der Waals surface area contributed by atoms with E-state index < -0.39 is 27.5 Å². The zero-order valence-electron chi connectivity index (χ0n) is 9.93. The third-order valence-corrected chi connectivity index (χ3v) is 3.61. The van der Waals surface area contributed by atoms with E-state index in [9.17, 15) is 17.2 Å². The molecule has 6 heteroatoms. The molecule has 0 spiro atoms. The van der Waals surface area contributed by atoms with Gasteiger partial charge in [-0.2, -0.15) is 8.42 Å². The Morgan fingerprint density at radius 1 is 0.947 bits per heavy atom. The van der Waals surface area contributed by atoms with E-state index in [1.54, 1.807) is 19.1 Å². The summed E-state index contributed by atoms with van der Waals surface area (Å²) in [5, 5.41) is 0. The largest absolute Gasteiger partial charge is 0.379 e. The van der Waals surface area contributed by atoms with Gasteiger partial charge in [0, 0.05) is 18.2 Å². The summed E-state index contributed by atoms with van der Waals surface area (Å²) in [6.45, 7) is 1.80. The van der Waals surface area contributed by atoms with Crippen molar-refractivity contribution in [3.8, 4) is 5.75 Å². The molecular weight excluding hydrogens is 274 g/mol. The quantitative estimate of drug-likeness (QED) is 0.814. The van der Waals surface area contributed by atoms with Crippen LogP contribution in [0.5, 0.6) is 5.75 Å². The second kappa shape index (κ2) is 4.97. The summed E-state index contributed by atoms with van der Waals surface area (Å²) < 4.78 is 54.3. The molecule has 0 aromatic heterocycles. The molecule has 0 aliphatic carbocycles. The monoisotopic (exact) mass is 284 g/mol. The van der Waals surface area contributed by atoms with Gasteiger partial charge in [0.2, 0.25) is 0 Å². The lowest BCUT2D eigenvalue weighted by Crippen LogP contribution is -2.10. The average molecular weight is 284 g/mol. The summed E-state index contributed by atoms with van der Waals surface area (Å²) in [5.41, 5.74) is 0.885. The van der Waals surface area contributed by atoms with Gasteiger partial charge in [-0.3, -0.25) is 0 Å². The second-order valence-electron chi connectivity index (χ2n) is 3.96. The molecule has 0 bridgehead atoms. The Balaban J connectivity index is 2.33. The van der Waals surface area contributed by atoms with Crippen LogP contribution in [0.3, 0.4) is 0 Å². The minimum atomic E-state index is -4.10. The standard InChI is InChI=1S/C13H10F2O3S/c1-9-2-4-13(5-3-9)19(16,17)18-12-7-10(14)6-11(15)8-12/h2-8H,1H3. The molecule has 3 nitrogen and oxygen atoms in total. The Morgan fingerprint density at radius 2 is 1.47 bits per heavy atom. The number of rotatable bonds is 3. The SMILES string of the molecule is Cc1ccc(S(=O)(=O)Oc2cc(F)cc(F)c2)cc1. The fourth-order valence-electron chi connectivity index (χ4n) is 1.46. The zero-order valence-corrected chi connectivity index (χ0v) is 10.7. The maximum absolute atomic E-state index is 12.9. The second-order valence-corrected chi connectivity index (χ2v) is 5.50. The summed E-state index contributed by atoms with van der Waals surface area (Å²) >= 11 is 0. The minimum Gasteiger partial charge on any atom is -0.379 e. The fraction of sp³-hybridized carbons (Fsp3) is 0.0769. The molecule has 0 amide bonds. The van der Waals surface area contributed by atoms with E-state index in [2.05, 4.69) is 4.18 Å². The zero-order chi connectivity index (χ0) is 14.0. The highest BCUT2D eigenvalue weighted by Crippen LogP contribution is 2.21. The van der Waals surface area contributed by atoms with Crippen molar-refractivity contribution in [2.75, 3.05) is 0 Å². The first-order chi connectivity index (χ1) is 8.87. The summed E-state index contributed by atoms with van der Waals surface area (Å²) in [7, 11) is -4.10. The molecule has 0 aliphatic rings. The highest BCUT2D eigenvalue weighted by Gasteiger charge is 2.17. The van der Waals surface area contributed by atoms with Gasteiger partial charge in [0.05, 0.1) is 0 Å². The van der Waals surface area contributed by atoms with Crippen molar-refractivity contribution in [2.45, 2.75) is 11.8 Å². The molecule has 0 radical (unpaired) electrons. The minimum absolute atomic E-state index is 0.0808. The van der Waals surface area contributed by atoms with Crippen LogP contribution in [0, 0.1) is 18.6 Å². The molecule has 0 heterocycles. The number of hydrogen-bond acceptors (Lipinski definition) is 3. The van der Waals surface area contributed by atoms with Gasteiger partial charge >= 0.3 is 10.1 Å². The Kier molecular flexibility index (Phi) is 3.53. The highest BCUT2D eigenvalue weighted by atomic mass is 32.2. The van der Waals surface area contributed by atoms with Crippen molar-refractivity contribution in [3.05, 3.63) is 59.7 Å². The van der Waals surface area contributed by atoms with Crippen LogP contribution >= 0.6 is 0 Å². The van der Waals surface area contributed by atoms with E-state index in [-0.39, 0.29) is 4.90 Å². The van der Waals surface area contributed by atoms with Crippen molar-refractivity contribution < 1.29 is 21.4 Å². The van der Waals surface area contributed by atoms with E-state index >= 15 is 0 Å². The number of hydrogen-bond donors (Lipinski definition) is 0. The summed E-state index contributed by atoms with van der Waals surface area (Å²) in [4.78, 5) is -0.0808. The first-order valence-electron chi connectivity index (χ1n) is 5.34. The Morgan fingerprint density at radius 3 is 2.00 bits per heavy atom. The summed E-state index contributed by atoms with van der Waals surface area (Å²) in [6, 6.07) is 8.15. The van der Waals surface area contributed by atoms with Gasteiger partial charge in [0.15, 0.2) is 0 Å². The molecule has 100 valence electrons. The smallest absolute Gasteiger partial charge is 0.339 e. The van der Waals surface area contributed by atoms with Crippen LogP contribution in [0.2, 0.25) is 0 Å². The van der Waals surface area contributed by atoms with Crippen LogP contribution in [0.15, 0.2) is 47.4 Å². The summed E-state index contributed by atoms with van der Waals surface area (Å²) in [5.74, 6) is -2.22. The van der Waals surface area contributed by atoms with Gasteiger partial charge in [0.1, 0.15) is 22.3 Å². The van der Waals surface area contributed by atoms with Crippen molar-refractivity contribution in [2.24, 2.45) is 0 Å². The molecule has 0 saturated heterocycles. The molecule has 19 heavy (non-hydrogen) atoms. The predicted octanol–water partition coefficient (Wildman–Crippen LogP) is 3.04. The molecule has 0 atom stereocenters. The number of halogens is 2.